The van der Waals surface area contributed by atoms with Crippen molar-refractivity contribution in [1.29, 1.82) is 0 Å². The van der Waals surface area contributed by atoms with Crippen LogP contribution in [-0.4, -0.2) is 11.0 Å². The van der Waals surface area contributed by atoms with E-state index in [1.54, 1.807) is 4.88 Å². The summed E-state index contributed by atoms with van der Waals surface area (Å²) < 4.78 is 0. The van der Waals surface area contributed by atoms with E-state index in [0.717, 1.165) is 5.92 Å². The summed E-state index contributed by atoms with van der Waals surface area (Å²) in [6, 6.07) is 1.03. The number of thiazole rings is 1. The fourth-order valence-electron chi connectivity index (χ4n) is 3.92. The van der Waals surface area contributed by atoms with E-state index in [2.05, 4.69) is 19.2 Å². The summed E-state index contributed by atoms with van der Waals surface area (Å²) in [6.07, 6.45) is 13.7. The van der Waals surface area contributed by atoms with Crippen molar-refractivity contribution in [2.75, 3.05) is 0 Å². The third-order valence-electron chi connectivity index (χ3n) is 4.99. The number of hydrogen-bond donors (Lipinski definition) is 1. The van der Waals surface area contributed by atoms with Crippen LogP contribution in [0.2, 0.25) is 0 Å². The van der Waals surface area contributed by atoms with Gasteiger partial charge in [-0.1, -0.05) is 46.0 Å². The van der Waals surface area contributed by atoms with Gasteiger partial charge in [0, 0.05) is 10.9 Å². The summed E-state index contributed by atoms with van der Waals surface area (Å²) in [4.78, 5) is 6.60. The third kappa shape index (κ3) is 4.07. The Morgan fingerprint density at radius 2 is 1.86 bits per heavy atom. The van der Waals surface area contributed by atoms with Gasteiger partial charge in [-0.15, -0.1) is 11.3 Å². The summed E-state index contributed by atoms with van der Waals surface area (Å²) in [5.41, 5.74) is 1.42. The average Bonchev–Trinajstić information content (AvgIpc) is 2.91. The smallest absolute Gasteiger partial charge is 0.110 e. The van der Waals surface area contributed by atoms with E-state index in [1.165, 1.54) is 74.9 Å². The van der Waals surface area contributed by atoms with Crippen LogP contribution in [0, 0.1) is 5.92 Å². The zero-order chi connectivity index (χ0) is 14.7. The maximum atomic E-state index is 5.03. The van der Waals surface area contributed by atoms with Crippen molar-refractivity contribution in [1.82, 2.24) is 10.3 Å². The van der Waals surface area contributed by atoms with Gasteiger partial charge >= 0.3 is 0 Å². The first-order chi connectivity index (χ1) is 10.2. The summed E-state index contributed by atoms with van der Waals surface area (Å²) in [6.45, 7) is 4.53. The predicted molar refractivity (Wildman–Crippen MR) is 91.0 cm³/mol. The lowest BCUT2D eigenvalue weighted by Crippen LogP contribution is -2.30. The highest BCUT2D eigenvalue weighted by atomic mass is 32.1. The fourth-order valence-corrected chi connectivity index (χ4v) is 5.15. The first-order valence-corrected chi connectivity index (χ1v) is 9.78. The number of rotatable bonds is 5. The molecule has 21 heavy (non-hydrogen) atoms. The standard InChI is InChI=1S/C18H30N2S/c1-13(2)19-16(12-14-8-4-3-5-9-14)18-20-15-10-6-7-11-17(15)21-18/h13-14,16,19H,3-12H2,1-2H3. The number of aromatic nitrogens is 1. The van der Waals surface area contributed by atoms with Crippen molar-refractivity contribution in [3.63, 3.8) is 0 Å². The molecular weight excluding hydrogens is 276 g/mol. The monoisotopic (exact) mass is 306 g/mol. The van der Waals surface area contributed by atoms with E-state index < -0.39 is 0 Å². The van der Waals surface area contributed by atoms with Crippen LogP contribution in [-0.2, 0) is 12.8 Å². The molecule has 0 aromatic carbocycles. The van der Waals surface area contributed by atoms with Gasteiger partial charge in [0.05, 0.1) is 11.7 Å². The molecule has 2 nitrogen and oxygen atoms in total. The molecule has 1 atom stereocenters. The lowest BCUT2D eigenvalue weighted by molar-refractivity contribution is 0.292. The molecule has 0 bridgehead atoms. The van der Waals surface area contributed by atoms with Crippen molar-refractivity contribution in [3.8, 4) is 0 Å². The van der Waals surface area contributed by atoms with Crippen LogP contribution in [0.4, 0.5) is 0 Å². The molecule has 0 aliphatic heterocycles. The van der Waals surface area contributed by atoms with E-state index in [1.807, 2.05) is 11.3 Å². The van der Waals surface area contributed by atoms with Crippen molar-refractivity contribution < 1.29 is 0 Å². The third-order valence-corrected chi connectivity index (χ3v) is 6.26. The molecule has 1 N–H and O–H groups in total. The highest BCUT2D eigenvalue weighted by Crippen LogP contribution is 2.36. The number of fused-ring (bicyclic) bond motifs is 1. The normalized spacial score (nSPS) is 21.5. The zero-order valence-corrected chi connectivity index (χ0v) is 14.5. The van der Waals surface area contributed by atoms with Gasteiger partial charge < -0.3 is 5.32 Å². The number of aryl methyl sites for hydroxylation is 2. The first kappa shape index (κ1) is 15.5. The number of nitrogens with zero attached hydrogens (tertiary/aromatic N) is 1. The Morgan fingerprint density at radius 1 is 1.10 bits per heavy atom. The van der Waals surface area contributed by atoms with Gasteiger partial charge in [-0.05, 0) is 38.0 Å². The van der Waals surface area contributed by atoms with Crippen molar-refractivity contribution >= 4 is 11.3 Å². The maximum Gasteiger partial charge on any atom is 0.110 e. The lowest BCUT2D eigenvalue weighted by Gasteiger charge is -2.27. The molecule has 1 aromatic heterocycles. The Hall–Kier alpha value is -0.410. The minimum Gasteiger partial charge on any atom is -0.306 e. The van der Waals surface area contributed by atoms with Crippen LogP contribution in [0.1, 0.15) is 86.8 Å². The van der Waals surface area contributed by atoms with Gasteiger partial charge in [0.25, 0.3) is 0 Å². The molecule has 1 saturated carbocycles. The molecule has 0 radical (unpaired) electrons. The lowest BCUT2D eigenvalue weighted by atomic mass is 9.85. The predicted octanol–water partition coefficient (Wildman–Crippen LogP) is 5.03. The van der Waals surface area contributed by atoms with Gasteiger partial charge in [0.2, 0.25) is 0 Å². The number of nitrogens with one attached hydrogen (secondary N) is 1. The van der Waals surface area contributed by atoms with Crippen LogP contribution >= 0.6 is 11.3 Å². The van der Waals surface area contributed by atoms with Crippen LogP contribution in [0.25, 0.3) is 0 Å². The SMILES string of the molecule is CC(C)NC(CC1CCCCC1)c1nc2c(s1)CCCC2. The minimum absolute atomic E-state index is 0.490. The zero-order valence-electron chi connectivity index (χ0n) is 13.7. The molecule has 1 heterocycles. The summed E-state index contributed by atoms with van der Waals surface area (Å²) >= 11 is 2.00. The maximum absolute atomic E-state index is 5.03. The molecule has 1 fully saturated rings. The fraction of sp³-hybridized carbons (Fsp3) is 0.833. The highest BCUT2D eigenvalue weighted by molar-refractivity contribution is 7.11. The summed E-state index contributed by atoms with van der Waals surface area (Å²) in [7, 11) is 0. The van der Waals surface area contributed by atoms with Crippen LogP contribution in [0.3, 0.4) is 0 Å². The van der Waals surface area contributed by atoms with E-state index in [4.69, 9.17) is 4.98 Å². The Bertz CT molecular complexity index is 423. The second kappa shape index (κ2) is 7.23. The summed E-state index contributed by atoms with van der Waals surface area (Å²) in [5, 5.41) is 5.18. The van der Waals surface area contributed by atoms with Gasteiger partial charge in [0.15, 0.2) is 0 Å². The topological polar surface area (TPSA) is 24.9 Å². The molecule has 0 saturated heterocycles. The van der Waals surface area contributed by atoms with Gasteiger partial charge in [-0.2, -0.15) is 0 Å². The molecule has 0 amide bonds. The highest BCUT2D eigenvalue weighted by Gasteiger charge is 2.25. The van der Waals surface area contributed by atoms with Gasteiger partial charge in [0.1, 0.15) is 5.01 Å². The molecule has 3 rings (SSSR count). The largest absolute Gasteiger partial charge is 0.306 e. The van der Waals surface area contributed by atoms with E-state index in [9.17, 15) is 0 Å². The molecule has 0 spiro atoms. The number of hydrogen-bond acceptors (Lipinski definition) is 3. The van der Waals surface area contributed by atoms with Gasteiger partial charge in [-0.25, -0.2) is 4.98 Å². The Kier molecular flexibility index (Phi) is 5.33. The van der Waals surface area contributed by atoms with E-state index >= 15 is 0 Å². The molecule has 1 aromatic rings. The molecule has 118 valence electrons. The molecule has 2 aliphatic carbocycles. The van der Waals surface area contributed by atoms with Crippen molar-refractivity contribution in [2.24, 2.45) is 5.92 Å². The van der Waals surface area contributed by atoms with Gasteiger partial charge in [-0.3, -0.25) is 0 Å². The second-order valence-electron chi connectivity index (χ2n) is 7.24. The molecule has 1 unspecified atom stereocenters. The van der Waals surface area contributed by atoms with Crippen molar-refractivity contribution in [3.05, 3.63) is 15.6 Å². The minimum atomic E-state index is 0.490. The van der Waals surface area contributed by atoms with Crippen LogP contribution < -0.4 is 5.32 Å². The first-order valence-electron chi connectivity index (χ1n) is 8.97. The van der Waals surface area contributed by atoms with Crippen molar-refractivity contribution in [2.45, 2.75) is 90.1 Å². The Morgan fingerprint density at radius 3 is 2.57 bits per heavy atom. The van der Waals surface area contributed by atoms with Crippen LogP contribution in [0.5, 0.6) is 0 Å². The quantitative estimate of drug-likeness (QED) is 0.825. The molecule has 2 aliphatic rings. The Balaban J connectivity index is 1.72. The average molecular weight is 307 g/mol. The molecular formula is C18H30N2S. The van der Waals surface area contributed by atoms with E-state index in [-0.39, 0.29) is 0 Å². The van der Waals surface area contributed by atoms with E-state index in [0.29, 0.717) is 12.1 Å². The summed E-state index contributed by atoms with van der Waals surface area (Å²) in [5.74, 6) is 0.913. The Labute approximate surface area is 133 Å². The second-order valence-corrected chi connectivity index (χ2v) is 8.36. The van der Waals surface area contributed by atoms with Crippen LogP contribution in [0.15, 0.2) is 0 Å². The molecule has 3 heteroatoms.